The summed E-state index contributed by atoms with van der Waals surface area (Å²) < 4.78 is 13.5. The van der Waals surface area contributed by atoms with E-state index in [2.05, 4.69) is 12.1 Å². The molecule has 10 heteroatoms. The molecule has 7 rings (SSSR count). The highest BCUT2D eigenvalue weighted by Gasteiger charge is 2.32. The molecule has 0 fully saturated rings. The molecule has 1 aliphatic heterocycles. The van der Waals surface area contributed by atoms with E-state index >= 15 is 0 Å². The molecule has 0 spiro atoms. The zero-order chi connectivity index (χ0) is 31.1. The quantitative estimate of drug-likeness (QED) is 0.151. The third-order valence-electron chi connectivity index (χ3n) is 8.09. The van der Waals surface area contributed by atoms with Crippen molar-refractivity contribution in [1.82, 2.24) is 4.57 Å². The van der Waals surface area contributed by atoms with Gasteiger partial charge in [0.25, 0.3) is 11.2 Å². The smallest absolute Gasteiger partial charge is 0.280 e. The lowest BCUT2D eigenvalue weighted by Gasteiger charge is -2.30. The Hall–Kier alpha value is -4.99. The van der Waals surface area contributed by atoms with Gasteiger partial charge in [0.15, 0.2) is 16.3 Å². The van der Waals surface area contributed by atoms with Gasteiger partial charge in [-0.05, 0) is 59.4 Å². The van der Waals surface area contributed by atoms with Gasteiger partial charge in [0, 0.05) is 10.6 Å². The minimum Gasteiger partial charge on any atom is -0.493 e. The van der Waals surface area contributed by atoms with Gasteiger partial charge in [-0.1, -0.05) is 89.7 Å². The zero-order valence-corrected chi connectivity index (χ0v) is 25.7. The Morgan fingerprint density at radius 3 is 2.53 bits per heavy atom. The molecule has 1 aliphatic carbocycles. The SMILES string of the molecule is COc1cc(/C=c2/sc3n(c2=O)[C@H](c2ccc(Cl)cc2)C2=C(N=3)c3ccccc3CC2)c([N+](=O)[O-])cc1OCc1ccccc1. The van der Waals surface area contributed by atoms with Crippen molar-refractivity contribution in [2.24, 2.45) is 4.99 Å². The van der Waals surface area contributed by atoms with Gasteiger partial charge in [0.2, 0.25) is 0 Å². The molecule has 2 aliphatic rings. The van der Waals surface area contributed by atoms with Crippen LogP contribution >= 0.6 is 22.9 Å². The molecule has 2 heterocycles. The van der Waals surface area contributed by atoms with Crippen LogP contribution in [-0.4, -0.2) is 16.6 Å². The second-order valence-electron chi connectivity index (χ2n) is 10.8. The second-order valence-corrected chi connectivity index (χ2v) is 12.2. The van der Waals surface area contributed by atoms with E-state index < -0.39 is 4.92 Å². The van der Waals surface area contributed by atoms with E-state index in [4.69, 9.17) is 26.1 Å². The Labute approximate surface area is 266 Å². The van der Waals surface area contributed by atoms with Crippen LogP contribution in [0.2, 0.25) is 5.02 Å². The van der Waals surface area contributed by atoms with Gasteiger partial charge in [-0.15, -0.1) is 0 Å². The molecule has 1 aromatic heterocycles. The number of hydrogen-bond donors (Lipinski definition) is 0. The van der Waals surface area contributed by atoms with Crippen LogP contribution in [0.25, 0.3) is 11.8 Å². The van der Waals surface area contributed by atoms with Crippen molar-refractivity contribution in [1.29, 1.82) is 0 Å². The van der Waals surface area contributed by atoms with Gasteiger partial charge in [0.1, 0.15) is 6.61 Å². The van der Waals surface area contributed by atoms with E-state index in [1.165, 1.54) is 36.1 Å². The van der Waals surface area contributed by atoms with E-state index in [9.17, 15) is 14.9 Å². The number of hydrogen-bond acceptors (Lipinski definition) is 7. The van der Waals surface area contributed by atoms with E-state index in [1.54, 1.807) is 10.6 Å². The predicted octanol–water partition coefficient (Wildman–Crippen LogP) is 6.47. The zero-order valence-electron chi connectivity index (χ0n) is 24.1. The third kappa shape index (κ3) is 5.34. The lowest BCUT2D eigenvalue weighted by Crippen LogP contribution is -2.38. The van der Waals surface area contributed by atoms with Crippen molar-refractivity contribution < 1.29 is 14.4 Å². The van der Waals surface area contributed by atoms with Crippen molar-refractivity contribution in [3.63, 3.8) is 0 Å². The molecule has 5 aromatic rings. The van der Waals surface area contributed by atoms with Gasteiger partial charge in [0.05, 0.1) is 39.9 Å². The monoisotopic (exact) mass is 635 g/mol. The van der Waals surface area contributed by atoms with Crippen molar-refractivity contribution in [3.8, 4) is 11.5 Å². The molecular formula is C35H26ClN3O5S. The molecule has 8 nitrogen and oxygen atoms in total. The first-order valence-corrected chi connectivity index (χ1v) is 15.5. The number of aryl methyl sites for hydroxylation is 1. The molecule has 0 bridgehead atoms. The second kappa shape index (κ2) is 11.8. The lowest BCUT2D eigenvalue weighted by molar-refractivity contribution is -0.385. The van der Waals surface area contributed by atoms with Crippen molar-refractivity contribution in [2.45, 2.75) is 25.5 Å². The average Bonchev–Trinajstić information content (AvgIpc) is 3.37. The van der Waals surface area contributed by atoms with Crippen molar-refractivity contribution >= 4 is 40.4 Å². The van der Waals surface area contributed by atoms with E-state index in [0.717, 1.165) is 40.8 Å². The molecule has 0 radical (unpaired) electrons. The van der Waals surface area contributed by atoms with E-state index in [-0.39, 0.29) is 35.2 Å². The van der Waals surface area contributed by atoms with Crippen LogP contribution in [0.3, 0.4) is 0 Å². The number of nitrogens with zero attached hydrogens (tertiary/aromatic N) is 3. The first-order valence-electron chi connectivity index (χ1n) is 14.3. The summed E-state index contributed by atoms with van der Waals surface area (Å²) in [5, 5.41) is 12.8. The van der Waals surface area contributed by atoms with Crippen LogP contribution in [-0.2, 0) is 13.0 Å². The molecule has 0 N–H and O–H groups in total. The normalized spacial score (nSPS) is 15.5. The number of nitro benzene ring substituents is 1. The highest BCUT2D eigenvalue weighted by atomic mass is 35.5. The van der Waals surface area contributed by atoms with Gasteiger partial charge in [-0.2, -0.15) is 0 Å². The summed E-state index contributed by atoms with van der Waals surface area (Å²) in [6, 6.07) is 27.7. The fourth-order valence-electron chi connectivity index (χ4n) is 5.95. The predicted molar refractivity (Wildman–Crippen MR) is 175 cm³/mol. The van der Waals surface area contributed by atoms with E-state index in [1.807, 2.05) is 66.7 Å². The molecular weight excluding hydrogens is 610 g/mol. The fraction of sp³-hybridized carbons (Fsp3) is 0.143. The summed E-state index contributed by atoms with van der Waals surface area (Å²) in [6.45, 7) is 0.213. The Kier molecular flexibility index (Phi) is 7.56. The first kappa shape index (κ1) is 28.8. The molecule has 0 saturated carbocycles. The van der Waals surface area contributed by atoms with Gasteiger partial charge < -0.3 is 9.47 Å². The Balaban J connectivity index is 1.38. The van der Waals surface area contributed by atoms with Crippen LogP contribution in [0.1, 0.15) is 40.3 Å². The minimum absolute atomic E-state index is 0.202. The van der Waals surface area contributed by atoms with Crippen LogP contribution < -0.4 is 24.4 Å². The molecule has 0 amide bonds. The first-order chi connectivity index (χ1) is 21.9. The number of nitro groups is 1. The molecule has 1 atom stereocenters. The Morgan fingerprint density at radius 1 is 1.02 bits per heavy atom. The number of fused-ring (bicyclic) bond motifs is 3. The number of ether oxygens (including phenoxy) is 2. The number of allylic oxidation sites excluding steroid dienone is 1. The standard InChI is InChI=1S/C35H26ClN3O5S/c1-43-29-17-24(28(39(41)42)19-30(29)44-20-21-7-3-2-4-8-21)18-31-34(40)38-33(23-11-14-25(36)15-12-23)27-16-13-22-9-5-6-10-26(22)32(27)37-35(38)45-31/h2-12,14-15,17-19,33H,13,16,20H2,1H3/b31-18+/t33-/m1/s1. The van der Waals surface area contributed by atoms with Crippen LogP contribution in [0.4, 0.5) is 5.69 Å². The molecule has 0 unspecified atom stereocenters. The largest absolute Gasteiger partial charge is 0.493 e. The van der Waals surface area contributed by atoms with Crippen molar-refractivity contribution in [3.05, 3.63) is 159 Å². The number of methoxy groups -OCH3 is 1. The summed E-state index contributed by atoms with van der Waals surface area (Å²) in [4.78, 5) is 31.5. The highest BCUT2D eigenvalue weighted by Crippen LogP contribution is 2.41. The maximum Gasteiger partial charge on any atom is 0.280 e. The van der Waals surface area contributed by atoms with Crippen LogP contribution in [0, 0.1) is 10.1 Å². The summed E-state index contributed by atoms with van der Waals surface area (Å²) in [6.07, 6.45) is 3.13. The molecule has 224 valence electrons. The maximum absolute atomic E-state index is 14.2. The molecule has 0 saturated heterocycles. The van der Waals surface area contributed by atoms with E-state index in [0.29, 0.717) is 20.1 Å². The minimum atomic E-state index is -0.482. The number of aromatic nitrogens is 1. The number of rotatable bonds is 7. The molecule has 4 aromatic carbocycles. The fourth-order valence-corrected chi connectivity index (χ4v) is 7.07. The van der Waals surface area contributed by atoms with Crippen LogP contribution in [0.5, 0.6) is 11.5 Å². The number of thiazole rings is 1. The highest BCUT2D eigenvalue weighted by molar-refractivity contribution is 7.07. The third-order valence-corrected chi connectivity index (χ3v) is 9.33. The maximum atomic E-state index is 14.2. The summed E-state index contributed by atoms with van der Waals surface area (Å²) >= 11 is 7.44. The number of benzene rings is 4. The number of halogens is 1. The molecule has 45 heavy (non-hydrogen) atoms. The van der Waals surface area contributed by atoms with Crippen molar-refractivity contribution in [2.75, 3.05) is 7.11 Å². The summed E-state index contributed by atoms with van der Waals surface area (Å²) in [5.74, 6) is 0.558. The average molecular weight is 636 g/mol. The lowest BCUT2D eigenvalue weighted by atomic mass is 9.83. The topological polar surface area (TPSA) is 96.0 Å². The van der Waals surface area contributed by atoms with Gasteiger partial charge in [-0.25, -0.2) is 4.99 Å². The Morgan fingerprint density at radius 2 is 1.78 bits per heavy atom. The van der Waals surface area contributed by atoms with Gasteiger partial charge in [-0.3, -0.25) is 19.5 Å². The summed E-state index contributed by atoms with van der Waals surface area (Å²) in [7, 11) is 1.47. The Bertz CT molecular complexity index is 2170. The van der Waals surface area contributed by atoms with Gasteiger partial charge >= 0.3 is 0 Å². The van der Waals surface area contributed by atoms with Crippen LogP contribution in [0.15, 0.2) is 106 Å². The summed E-state index contributed by atoms with van der Waals surface area (Å²) in [5.41, 5.74) is 5.78.